The highest BCUT2D eigenvalue weighted by Gasteiger charge is 2.52. The number of esters is 1. The Morgan fingerprint density at radius 1 is 1.27 bits per heavy atom. The van der Waals surface area contributed by atoms with Crippen LogP contribution in [0.25, 0.3) is 0 Å². The summed E-state index contributed by atoms with van der Waals surface area (Å²) in [5.41, 5.74) is 3.26. The number of allylic oxidation sites excluding steroid dienone is 2. The largest absolute Gasteiger partial charge is 0.457 e. The molecule has 2 fully saturated rings. The topological polar surface area (TPSA) is 46.5 Å². The lowest BCUT2D eigenvalue weighted by molar-refractivity contribution is -0.0511. The molecule has 3 nitrogen and oxygen atoms in total. The Hall–Kier alpha value is -1.87. The smallest absolute Gasteiger partial charge is 0.338 e. The molecule has 1 N–H and O–H groups in total. The van der Waals surface area contributed by atoms with Crippen molar-refractivity contribution in [1.82, 2.24) is 0 Å². The molecule has 4 atom stereocenters. The number of hydrogen-bond donors (Lipinski definition) is 1. The summed E-state index contributed by atoms with van der Waals surface area (Å²) in [5.74, 6) is 0.758. The van der Waals surface area contributed by atoms with Gasteiger partial charge >= 0.3 is 5.97 Å². The molecule has 0 bridgehead atoms. The lowest BCUT2D eigenvalue weighted by Gasteiger charge is -2.58. The summed E-state index contributed by atoms with van der Waals surface area (Å²) < 4.78 is 5.49. The summed E-state index contributed by atoms with van der Waals surface area (Å²) in [5, 5.41) is 10.3. The van der Waals surface area contributed by atoms with E-state index in [0.29, 0.717) is 22.8 Å². The van der Waals surface area contributed by atoms with Gasteiger partial charge in [-0.2, -0.15) is 0 Å². The van der Waals surface area contributed by atoms with Crippen LogP contribution in [0.2, 0.25) is 0 Å². The van der Waals surface area contributed by atoms with Crippen LogP contribution in [0.1, 0.15) is 76.6 Å². The van der Waals surface area contributed by atoms with Gasteiger partial charge in [-0.3, -0.25) is 0 Å². The maximum Gasteiger partial charge on any atom is 0.338 e. The van der Waals surface area contributed by atoms with E-state index >= 15 is 0 Å². The van der Waals surface area contributed by atoms with Crippen molar-refractivity contribution in [2.24, 2.45) is 22.7 Å². The van der Waals surface area contributed by atoms with Crippen molar-refractivity contribution in [2.45, 2.75) is 72.3 Å². The maximum absolute atomic E-state index is 12.3. The quantitative estimate of drug-likeness (QED) is 0.440. The molecule has 0 aromatic heterocycles. The van der Waals surface area contributed by atoms with Gasteiger partial charge in [0, 0.05) is 0 Å². The SMILES string of the molecule is C=C1CC[C@H]2C(C)(C)CCC[C@]2(C)[C@H]1C/C=C(/COC(=O)c1ccccc1)[C@@H](C)O. The summed E-state index contributed by atoms with van der Waals surface area (Å²) in [7, 11) is 0. The Morgan fingerprint density at radius 2 is 1.97 bits per heavy atom. The number of ether oxygens (including phenoxy) is 1. The molecule has 0 spiro atoms. The normalized spacial score (nSPS) is 29.8. The van der Waals surface area contributed by atoms with Gasteiger partial charge in [-0.25, -0.2) is 4.79 Å². The standard InChI is InChI=1S/C27H38O3/c1-19-12-15-24-26(3,4)16-9-17-27(24,5)23(19)14-13-22(20(2)28)18-30-25(29)21-10-7-6-8-11-21/h6-8,10-11,13,20,23-24,28H,1,9,12,14-18H2,2-5H3/b22-13-/t20-,23+,24+,27-/m1/s1. The van der Waals surface area contributed by atoms with E-state index in [1.807, 2.05) is 18.2 Å². The molecule has 1 aromatic rings. The summed E-state index contributed by atoms with van der Waals surface area (Å²) in [4.78, 5) is 12.3. The van der Waals surface area contributed by atoms with E-state index in [0.717, 1.165) is 18.4 Å². The molecule has 2 aliphatic carbocycles. The van der Waals surface area contributed by atoms with Crippen molar-refractivity contribution in [3.63, 3.8) is 0 Å². The number of rotatable bonds is 6. The first-order chi connectivity index (χ1) is 14.1. The average molecular weight is 411 g/mol. The fraction of sp³-hybridized carbons (Fsp3) is 0.593. The molecule has 0 aliphatic heterocycles. The lowest BCUT2D eigenvalue weighted by atomic mass is 9.47. The number of carbonyl (C=O) groups is 1. The number of hydrogen-bond acceptors (Lipinski definition) is 3. The minimum atomic E-state index is -0.642. The number of aliphatic hydroxyl groups is 1. The Kier molecular flexibility index (Phi) is 6.91. The highest BCUT2D eigenvalue weighted by molar-refractivity contribution is 5.89. The van der Waals surface area contributed by atoms with Crippen LogP contribution in [0, 0.1) is 22.7 Å². The predicted octanol–water partition coefficient (Wildman–Crippen LogP) is 6.34. The number of benzene rings is 1. The molecule has 3 rings (SSSR count). The third-order valence-corrected chi connectivity index (χ3v) is 7.85. The summed E-state index contributed by atoms with van der Waals surface area (Å²) in [6.45, 7) is 13.6. The highest BCUT2D eigenvalue weighted by Crippen LogP contribution is 2.61. The van der Waals surface area contributed by atoms with Crippen LogP contribution in [-0.2, 0) is 4.74 Å². The van der Waals surface area contributed by atoms with Gasteiger partial charge in [0.25, 0.3) is 0 Å². The highest BCUT2D eigenvalue weighted by atomic mass is 16.5. The molecule has 30 heavy (non-hydrogen) atoms. The zero-order valence-corrected chi connectivity index (χ0v) is 19.1. The molecule has 0 unspecified atom stereocenters. The van der Waals surface area contributed by atoms with Gasteiger partial charge < -0.3 is 9.84 Å². The van der Waals surface area contributed by atoms with E-state index in [4.69, 9.17) is 4.74 Å². The van der Waals surface area contributed by atoms with Crippen LogP contribution in [0.3, 0.4) is 0 Å². The Balaban J connectivity index is 1.73. The molecule has 0 heterocycles. The van der Waals surface area contributed by atoms with Crippen LogP contribution in [0.5, 0.6) is 0 Å². The third-order valence-electron chi connectivity index (χ3n) is 7.85. The molecule has 164 valence electrons. The second-order valence-electron chi connectivity index (χ2n) is 10.3. The van der Waals surface area contributed by atoms with Crippen LogP contribution in [0.15, 0.2) is 54.1 Å². The molecule has 0 radical (unpaired) electrons. The van der Waals surface area contributed by atoms with Crippen LogP contribution < -0.4 is 0 Å². The Labute approximate surface area is 182 Å². The van der Waals surface area contributed by atoms with E-state index in [1.165, 1.54) is 31.3 Å². The summed E-state index contributed by atoms with van der Waals surface area (Å²) >= 11 is 0. The van der Waals surface area contributed by atoms with Crippen LogP contribution in [-0.4, -0.2) is 23.8 Å². The second-order valence-corrected chi connectivity index (χ2v) is 10.3. The third kappa shape index (κ3) is 4.72. The second kappa shape index (κ2) is 9.09. The van der Waals surface area contributed by atoms with Crippen molar-refractivity contribution in [3.8, 4) is 0 Å². The monoisotopic (exact) mass is 410 g/mol. The fourth-order valence-corrected chi connectivity index (χ4v) is 6.14. The minimum absolute atomic E-state index is 0.121. The molecule has 2 aliphatic rings. The van der Waals surface area contributed by atoms with E-state index < -0.39 is 6.10 Å². The van der Waals surface area contributed by atoms with Crippen LogP contribution in [0.4, 0.5) is 0 Å². The van der Waals surface area contributed by atoms with Crippen molar-refractivity contribution >= 4 is 5.97 Å². The van der Waals surface area contributed by atoms with E-state index in [-0.39, 0.29) is 18.0 Å². The van der Waals surface area contributed by atoms with Crippen molar-refractivity contribution < 1.29 is 14.6 Å². The van der Waals surface area contributed by atoms with Gasteiger partial charge in [0.1, 0.15) is 6.61 Å². The van der Waals surface area contributed by atoms with Gasteiger partial charge in [0.2, 0.25) is 0 Å². The summed E-state index contributed by atoms with van der Waals surface area (Å²) in [6.07, 6.45) is 8.46. The first kappa shape index (κ1) is 22.8. The predicted molar refractivity (Wildman–Crippen MR) is 122 cm³/mol. The lowest BCUT2D eigenvalue weighted by Crippen LogP contribution is -2.49. The van der Waals surface area contributed by atoms with Crippen LogP contribution >= 0.6 is 0 Å². The number of aliphatic hydroxyl groups excluding tert-OH is 1. The molecule has 1 aromatic carbocycles. The van der Waals surface area contributed by atoms with Crippen molar-refractivity contribution in [3.05, 3.63) is 59.7 Å². The van der Waals surface area contributed by atoms with Gasteiger partial charge in [0.05, 0.1) is 11.7 Å². The first-order valence-electron chi connectivity index (χ1n) is 11.4. The molecule has 0 saturated heterocycles. The van der Waals surface area contributed by atoms with Gasteiger partial charge in [-0.15, -0.1) is 0 Å². The molecule has 2 saturated carbocycles. The molecule has 0 amide bonds. The molecule has 3 heteroatoms. The van der Waals surface area contributed by atoms with Crippen molar-refractivity contribution in [2.75, 3.05) is 6.61 Å². The fourth-order valence-electron chi connectivity index (χ4n) is 6.14. The van der Waals surface area contributed by atoms with E-state index in [2.05, 4.69) is 33.4 Å². The van der Waals surface area contributed by atoms with Gasteiger partial charge in [0.15, 0.2) is 0 Å². The first-order valence-corrected chi connectivity index (χ1v) is 11.4. The van der Waals surface area contributed by atoms with E-state index in [9.17, 15) is 9.90 Å². The molecular formula is C27H38O3. The van der Waals surface area contributed by atoms with Gasteiger partial charge in [-0.1, -0.05) is 63.6 Å². The summed E-state index contributed by atoms with van der Waals surface area (Å²) in [6, 6.07) is 8.99. The number of carbonyl (C=O) groups excluding carboxylic acids is 1. The average Bonchev–Trinajstić information content (AvgIpc) is 2.69. The van der Waals surface area contributed by atoms with Crippen molar-refractivity contribution in [1.29, 1.82) is 0 Å². The number of fused-ring (bicyclic) bond motifs is 1. The Morgan fingerprint density at radius 3 is 2.63 bits per heavy atom. The maximum atomic E-state index is 12.3. The van der Waals surface area contributed by atoms with Gasteiger partial charge in [-0.05, 0) is 79.4 Å². The molecular weight excluding hydrogens is 372 g/mol. The zero-order valence-electron chi connectivity index (χ0n) is 19.1. The van der Waals surface area contributed by atoms with E-state index in [1.54, 1.807) is 19.1 Å². The Bertz CT molecular complexity index is 790. The minimum Gasteiger partial charge on any atom is -0.457 e. The zero-order chi connectivity index (χ0) is 21.9.